The molecular formula is C11H14Br2OS. The molecule has 2 heterocycles. The highest BCUT2D eigenvalue weighted by molar-refractivity contribution is 9.11. The van der Waals surface area contributed by atoms with E-state index in [4.69, 9.17) is 4.74 Å². The Morgan fingerprint density at radius 3 is 2.87 bits per heavy atom. The molecule has 1 fully saturated rings. The van der Waals surface area contributed by atoms with E-state index >= 15 is 0 Å². The van der Waals surface area contributed by atoms with Crippen molar-refractivity contribution in [2.75, 3.05) is 6.61 Å². The van der Waals surface area contributed by atoms with Crippen molar-refractivity contribution in [2.45, 2.75) is 37.1 Å². The molecule has 0 N–H and O–H groups in total. The van der Waals surface area contributed by atoms with Crippen molar-refractivity contribution in [2.24, 2.45) is 0 Å². The largest absolute Gasteiger partial charge is 0.377 e. The normalized spacial score (nSPS) is 24.1. The number of rotatable bonds is 2. The highest BCUT2D eigenvalue weighted by Gasteiger charge is 2.25. The average Bonchev–Trinajstić information content (AvgIpc) is 2.58. The predicted octanol–water partition coefficient (Wildman–Crippen LogP) is 4.82. The summed E-state index contributed by atoms with van der Waals surface area (Å²) in [6, 6.07) is 2.21. The molecule has 1 aliphatic heterocycles. The average molecular weight is 354 g/mol. The molecule has 4 heteroatoms. The number of aryl methyl sites for hydroxylation is 1. The second-order valence-corrected chi connectivity index (χ2v) is 7.49. The zero-order chi connectivity index (χ0) is 10.8. The van der Waals surface area contributed by atoms with Crippen LogP contribution in [0, 0.1) is 6.92 Å². The zero-order valence-corrected chi connectivity index (χ0v) is 12.6. The van der Waals surface area contributed by atoms with E-state index in [-0.39, 0.29) is 0 Å². The Hall–Kier alpha value is 0.620. The van der Waals surface area contributed by atoms with Gasteiger partial charge < -0.3 is 4.74 Å². The van der Waals surface area contributed by atoms with Gasteiger partial charge in [0.25, 0.3) is 0 Å². The number of hydrogen-bond acceptors (Lipinski definition) is 2. The molecule has 1 saturated heterocycles. The van der Waals surface area contributed by atoms with Crippen molar-refractivity contribution >= 4 is 43.2 Å². The molecule has 0 bridgehead atoms. The van der Waals surface area contributed by atoms with Crippen LogP contribution in [0.5, 0.6) is 0 Å². The summed E-state index contributed by atoms with van der Waals surface area (Å²) >= 11 is 9.10. The lowest BCUT2D eigenvalue weighted by Gasteiger charge is -2.27. The van der Waals surface area contributed by atoms with E-state index in [1.807, 2.05) is 0 Å². The van der Waals surface area contributed by atoms with Gasteiger partial charge in [-0.15, -0.1) is 11.3 Å². The molecule has 2 rings (SSSR count). The third-order valence-corrected chi connectivity index (χ3v) is 5.42. The van der Waals surface area contributed by atoms with Gasteiger partial charge in [0, 0.05) is 11.5 Å². The second-order valence-electron chi connectivity index (χ2n) is 3.87. The van der Waals surface area contributed by atoms with Crippen LogP contribution in [0.1, 0.15) is 34.5 Å². The molecule has 2 atom stereocenters. The molecular weight excluding hydrogens is 340 g/mol. The van der Waals surface area contributed by atoms with Crippen molar-refractivity contribution < 1.29 is 4.74 Å². The fraction of sp³-hybridized carbons (Fsp3) is 0.636. The van der Waals surface area contributed by atoms with Gasteiger partial charge >= 0.3 is 0 Å². The summed E-state index contributed by atoms with van der Waals surface area (Å²) in [5.74, 6) is 0. The lowest BCUT2D eigenvalue weighted by Crippen LogP contribution is -2.23. The van der Waals surface area contributed by atoms with Crippen molar-refractivity contribution in [3.05, 3.63) is 20.3 Å². The van der Waals surface area contributed by atoms with Crippen LogP contribution in [0.15, 0.2) is 9.85 Å². The monoisotopic (exact) mass is 352 g/mol. The van der Waals surface area contributed by atoms with E-state index in [2.05, 4.69) is 44.8 Å². The predicted molar refractivity (Wildman–Crippen MR) is 72.0 cm³/mol. The summed E-state index contributed by atoms with van der Waals surface area (Å²) in [7, 11) is 0. The van der Waals surface area contributed by atoms with Gasteiger partial charge in [0.15, 0.2) is 0 Å². The first-order valence-corrected chi connectivity index (χ1v) is 7.72. The van der Waals surface area contributed by atoms with Crippen LogP contribution < -0.4 is 0 Å². The van der Waals surface area contributed by atoms with Crippen LogP contribution in [0.3, 0.4) is 0 Å². The Kier molecular flexibility index (Phi) is 4.27. The fourth-order valence-electron chi connectivity index (χ4n) is 1.93. The summed E-state index contributed by atoms with van der Waals surface area (Å²) in [6.45, 7) is 3.08. The number of hydrogen-bond donors (Lipinski definition) is 0. The van der Waals surface area contributed by atoms with Gasteiger partial charge in [0.2, 0.25) is 0 Å². The Bertz CT molecular complexity index is 331. The first-order valence-electron chi connectivity index (χ1n) is 5.20. The molecule has 1 nitrogen and oxygen atoms in total. The van der Waals surface area contributed by atoms with Gasteiger partial charge in [0.1, 0.15) is 0 Å². The number of ether oxygens (including phenoxy) is 1. The highest BCUT2D eigenvalue weighted by atomic mass is 79.9. The Labute approximate surface area is 111 Å². The number of halogens is 2. The van der Waals surface area contributed by atoms with Crippen LogP contribution in [0.2, 0.25) is 0 Å². The van der Waals surface area contributed by atoms with Crippen molar-refractivity contribution in [1.82, 2.24) is 0 Å². The Morgan fingerprint density at radius 2 is 2.33 bits per heavy atom. The molecule has 0 aliphatic carbocycles. The molecule has 0 spiro atoms. The van der Waals surface area contributed by atoms with E-state index in [9.17, 15) is 0 Å². The summed E-state index contributed by atoms with van der Waals surface area (Å²) in [5, 5.41) is 0. The minimum atomic E-state index is 0.346. The van der Waals surface area contributed by atoms with Crippen LogP contribution >= 0.6 is 43.2 Å². The minimum Gasteiger partial charge on any atom is -0.377 e. The maximum absolute atomic E-state index is 5.80. The van der Waals surface area contributed by atoms with E-state index in [1.54, 1.807) is 11.3 Å². The van der Waals surface area contributed by atoms with E-state index in [0.717, 1.165) is 6.61 Å². The van der Waals surface area contributed by atoms with E-state index in [0.29, 0.717) is 10.9 Å². The first-order chi connectivity index (χ1) is 7.18. The third kappa shape index (κ3) is 2.84. The first kappa shape index (κ1) is 12.1. The highest BCUT2D eigenvalue weighted by Crippen LogP contribution is 2.39. The number of thiophene rings is 1. The van der Waals surface area contributed by atoms with Crippen molar-refractivity contribution in [1.29, 1.82) is 0 Å². The second kappa shape index (κ2) is 5.30. The minimum absolute atomic E-state index is 0.346. The van der Waals surface area contributed by atoms with Gasteiger partial charge in [-0.3, -0.25) is 0 Å². The maximum Gasteiger partial charge on any atom is 0.0741 e. The summed E-state index contributed by atoms with van der Waals surface area (Å²) in [5.41, 5.74) is 1.37. The quantitative estimate of drug-likeness (QED) is 0.692. The molecule has 84 valence electrons. The molecule has 15 heavy (non-hydrogen) atoms. The van der Waals surface area contributed by atoms with Gasteiger partial charge in [0.05, 0.1) is 14.7 Å². The lowest BCUT2D eigenvalue weighted by atomic mass is 10.0. The van der Waals surface area contributed by atoms with Gasteiger partial charge in [-0.05, 0) is 53.7 Å². The summed E-state index contributed by atoms with van der Waals surface area (Å²) < 4.78 is 7.00. The summed E-state index contributed by atoms with van der Waals surface area (Å²) in [6.07, 6.45) is 4.02. The van der Waals surface area contributed by atoms with Crippen molar-refractivity contribution in [3.8, 4) is 0 Å². The molecule has 0 saturated carbocycles. The molecule has 1 aliphatic rings. The third-order valence-electron chi connectivity index (χ3n) is 2.76. The van der Waals surface area contributed by atoms with Crippen molar-refractivity contribution in [3.63, 3.8) is 0 Å². The standard InChI is InChI=1S/C11H14Br2OS/c1-7-8(6-10(12)15-7)11(13)9-4-2-3-5-14-9/h6,9,11H,2-5H2,1H3. The lowest BCUT2D eigenvalue weighted by molar-refractivity contribution is 0.0160. The van der Waals surface area contributed by atoms with Crippen LogP contribution in [-0.4, -0.2) is 12.7 Å². The smallest absolute Gasteiger partial charge is 0.0741 e. The van der Waals surface area contributed by atoms with E-state index in [1.165, 1.54) is 33.5 Å². The zero-order valence-electron chi connectivity index (χ0n) is 8.63. The summed E-state index contributed by atoms with van der Waals surface area (Å²) in [4.78, 5) is 1.72. The van der Waals surface area contributed by atoms with E-state index < -0.39 is 0 Å². The van der Waals surface area contributed by atoms with Crippen LogP contribution in [-0.2, 0) is 4.74 Å². The molecule has 1 aromatic heterocycles. The molecule has 1 aromatic rings. The van der Waals surface area contributed by atoms with Gasteiger partial charge in [-0.25, -0.2) is 0 Å². The Morgan fingerprint density at radius 1 is 1.53 bits per heavy atom. The SMILES string of the molecule is Cc1sc(Br)cc1C(Br)C1CCCCO1. The fourth-order valence-corrected chi connectivity index (χ4v) is 4.73. The number of alkyl halides is 1. The van der Waals surface area contributed by atoms with Gasteiger partial charge in [-0.2, -0.15) is 0 Å². The molecule has 0 radical (unpaired) electrons. The van der Waals surface area contributed by atoms with Gasteiger partial charge in [-0.1, -0.05) is 15.9 Å². The van der Waals surface area contributed by atoms with Crippen LogP contribution in [0.4, 0.5) is 0 Å². The molecule has 2 unspecified atom stereocenters. The Balaban J connectivity index is 2.12. The molecule has 0 aromatic carbocycles. The van der Waals surface area contributed by atoms with Crippen LogP contribution in [0.25, 0.3) is 0 Å². The topological polar surface area (TPSA) is 9.23 Å². The maximum atomic E-state index is 5.80. The molecule has 0 amide bonds.